The van der Waals surface area contributed by atoms with Crippen LogP contribution in [0.5, 0.6) is 0 Å². The molecule has 0 atom stereocenters. The standard InChI is InChI=1S/C14H10F3NO4S/c1-7-2-3-8(14(19)20)6-10(7)18-23(21,22)11-5-4-9(15)12(16)13(11)17/h2-6,18H,1H3,(H,19,20)/p-1. The molecule has 122 valence electrons. The number of aryl methyl sites for hydroxylation is 1. The summed E-state index contributed by atoms with van der Waals surface area (Å²) in [6.45, 7) is 1.47. The highest BCUT2D eigenvalue weighted by molar-refractivity contribution is 7.92. The van der Waals surface area contributed by atoms with Gasteiger partial charge in [0.05, 0.1) is 11.7 Å². The summed E-state index contributed by atoms with van der Waals surface area (Å²) in [5, 5.41) is 10.8. The van der Waals surface area contributed by atoms with Gasteiger partial charge in [0.15, 0.2) is 17.5 Å². The molecule has 0 amide bonds. The number of benzene rings is 2. The predicted octanol–water partition coefficient (Wildman–Crippen LogP) is 1.58. The van der Waals surface area contributed by atoms with Gasteiger partial charge in [0.1, 0.15) is 4.90 Å². The smallest absolute Gasteiger partial charge is 0.264 e. The van der Waals surface area contributed by atoms with E-state index in [1.165, 1.54) is 19.1 Å². The van der Waals surface area contributed by atoms with Gasteiger partial charge in [-0.15, -0.1) is 0 Å². The number of sulfonamides is 1. The van der Waals surface area contributed by atoms with Crippen molar-refractivity contribution in [1.82, 2.24) is 0 Å². The van der Waals surface area contributed by atoms with E-state index in [-0.39, 0.29) is 11.3 Å². The second-order valence-corrected chi connectivity index (χ2v) is 6.25. The molecule has 0 unspecified atom stereocenters. The van der Waals surface area contributed by atoms with Gasteiger partial charge in [-0.1, -0.05) is 12.1 Å². The van der Waals surface area contributed by atoms with E-state index >= 15 is 0 Å². The fraction of sp³-hybridized carbons (Fsp3) is 0.0714. The monoisotopic (exact) mass is 344 g/mol. The van der Waals surface area contributed by atoms with Crippen molar-refractivity contribution >= 4 is 21.7 Å². The molecule has 0 bridgehead atoms. The zero-order valence-corrected chi connectivity index (χ0v) is 12.4. The van der Waals surface area contributed by atoms with Crippen molar-refractivity contribution in [2.45, 2.75) is 11.8 Å². The van der Waals surface area contributed by atoms with Crippen LogP contribution in [0.15, 0.2) is 35.2 Å². The molecule has 1 N–H and O–H groups in total. The molecule has 0 saturated heterocycles. The third-order valence-electron chi connectivity index (χ3n) is 3.01. The maximum Gasteiger partial charge on any atom is 0.264 e. The third-order valence-corrected chi connectivity index (χ3v) is 4.39. The number of aromatic carboxylic acids is 1. The maximum absolute atomic E-state index is 13.6. The Labute approximate surface area is 129 Å². The van der Waals surface area contributed by atoms with Crippen LogP contribution in [0.4, 0.5) is 18.9 Å². The zero-order chi connectivity index (χ0) is 17.4. The molecule has 23 heavy (non-hydrogen) atoms. The molecule has 2 rings (SSSR count). The molecule has 0 saturated carbocycles. The molecule has 0 aromatic heterocycles. The van der Waals surface area contributed by atoms with Crippen LogP contribution in [0, 0.1) is 24.4 Å². The van der Waals surface area contributed by atoms with E-state index in [9.17, 15) is 31.5 Å². The summed E-state index contributed by atoms with van der Waals surface area (Å²) in [7, 11) is -4.59. The lowest BCUT2D eigenvalue weighted by atomic mass is 10.1. The Morgan fingerprint density at radius 1 is 1.09 bits per heavy atom. The molecule has 0 aliphatic carbocycles. The van der Waals surface area contributed by atoms with E-state index in [2.05, 4.69) is 0 Å². The average molecular weight is 344 g/mol. The summed E-state index contributed by atoms with van der Waals surface area (Å²) >= 11 is 0. The number of nitrogens with one attached hydrogen (secondary N) is 1. The highest BCUT2D eigenvalue weighted by Gasteiger charge is 2.24. The topological polar surface area (TPSA) is 86.3 Å². The highest BCUT2D eigenvalue weighted by atomic mass is 32.2. The number of hydrogen-bond donors (Lipinski definition) is 1. The van der Waals surface area contributed by atoms with Crippen LogP contribution >= 0.6 is 0 Å². The highest BCUT2D eigenvalue weighted by Crippen LogP contribution is 2.24. The summed E-state index contributed by atoms with van der Waals surface area (Å²) in [6, 6.07) is 4.51. The Bertz CT molecular complexity index is 897. The number of carboxylic acid groups (broad SMARTS) is 1. The van der Waals surface area contributed by atoms with E-state index in [1.807, 2.05) is 4.72 Å². The quantitative estimate of drug-likeness (QED) is 0.853. The first-order valence-electron chi connectivity index (χ1n) is 6.12. The lowest BCUT2D eigenvalue weighted by Crippen LogP contribution is -2.23. The maximum atomic E-state index is 13.6. The second kappa shape index (κ2) is 5.92. The Kier molecular flexibility index (Phi) is 4.33. The normalized spacial score (nSPS) is 11.3. The number of carboxylic acids is 1. The molecular formula is C14H9F3NO4S-. The summed E-state index contributed by atoms with van der Waals surface area (Å²) in [5.41, 5.74) is -0.128. The molecule has 0 fully saturated rings. The second-order valence-electron chi connectivity index (χ2n) is 4.60. The zero-order valence-electron chi connectivity index (χ0n) is 11.6. The van der Waals surface area contributed by atoms with Gasteiger partial charge in [0.25, 0.3) is 10.0 Å². The Hall–Kier alpha value is -2.55. The van der Waals surface area contributed by atoms with Gasteiger partial charge in [-0.05, 0) is 36.2 Å². The number of carbonyl (C=O) groups excluding carboxylic acids is 1. The first kappa shape index (κ1) is 16.8. The van der Waals surface area contributed by atoms with Gasteiger partial charge in [-0.2, -0.15) is 0 Å². The molecule has 0 radical (unpaired) electrons. The molecular weight excluding hydrogens is 335 g/mol. The van der Waals surface area contributed by atoms with Crippen molar-refractivity contribution in [1.29, 1.82) is 0 Å². The SMILES string of the molecule is Cc1ccc(C(=O)[O-])cc1NS(=O)(=O)c1ccc(F)c(F)c1F. The van der Waals surface area contributed by atoms with Gasteiger partial charge < -0.3 is 9.90 Å². The van der Waals surface area contributed by atoms with Crippen molar-refractivity contribution in [3.8, 4) is 0 Å². The first-order chi connectivity index (χ1) is 10.6. The number of rotatable bonds is 4. The Morgan fingerprint density at radius 2 is 1.74 bits per heavy atom. The van der Waals surface area contributed by atoms with Gasteiger partial charge in [-0.3, -0.25) is 4.72 Å². The number of halogens is 3. The van der Waals surface area contributed by atoms with Crippen LogP contribution in [-0.2, 0) is 10.0 Å². The first-order valence-corrected chi connectivity index (χ1v) is 7.60. The Morgan fingerprint density at radius 3 is 2.35 bits per heavy atom. The number of anilines is 1. The summed E-state index contributed by atoms with van der Waals surface area (Å²) in [4.78, 5) is 9.69. The molecule has 0 aliphatic heterocycles. The molecule has 0 spiro atoms. The van der Waals surface area contributed by atoms with Crippen molar-refractivity contribution in [3.05, 3.63) is 58.9 Å². The van der Waals surface area contributed by atoms with Gasteiger partial charge >= 0.3 is 0 Å². The van der Waals surface area contributed by atoms with Crippen molar-refractivity contribution in [3.63, 3.8) is 0 Å². The molecule has 2 aromatic rings. The lowest BCUT2D eigenvalue weighted by Gasteiger charge is -2.13. The minimum absolute atomic E-state index is 0.157. The van der Waals surface area contributed by atoms with E-state index < -0.39 is 38.3 Å². The third kappa shape index (κ3) is 3.29. The number of carbonyl (C=O) groups is 1. The van der Waals surface area contributed by atoms with Gasteiger partial charge in [0.2, 0.25) is 0 Å². The molecule has 2 aromatic carbocycles. The molecule has 0 heterocycles. The molecule has 0 aliphatic rings. The minimum atomic E-state index is -4.59. The largest absolute Gasteiger partial charge is 0.545 e. The molecule has 5 nitrogen and oxygen atoms in total. The lowest BCUT2D eigenvalue weighted by molar-refractivity contribution is -0.255. The van der Waals surface area contributed by atoms with Gasteiger partial charge in [-0.25, -0.2) is 21.6 Å². The van der Waals surface area contributed by atoms with Crippen LogP contribution in [0.3, 0.4) is 0 Å². The van der Waals surface area contributed by atoms with Crippen LogP contribution in [-0.4, -0.2) is 14.4 Å². The molecule has 9 heteroatoms. The van der Waals surface area contributed by atoms with E-state index in [0.717, 1.165) is 6.07 Å². The fourth-order valence-corrected chi connectivity index (χ4v) is 2.97. The Balaban J connectivity index is 2.49. The van der Waals surface area contributed by atoms with Gasteiger partial charge in [0, 0.05) is 0 Å². The van der Waals surface area contributed by atoms with Crippen LogP contribution in [0.25, 0.3) is 0 Å². The average Bonchev–Trinajstić information content (AvgIpc) is 2.46. The van der Waals surface area contributed by atoms with E-state index in [0.29, 0.717) is 17.7 Å². The fourth-order valence-electron chi connectivity index (χ4n) is 1.77. The summed E-state index contributed by atoms with van der Waals surface area (Å²) in [6.07, 6.45) is 0. The van der Waals surface area contributed by atoms with Crippen LogP contribution in [0.1, 0.15) is 15.9 Å². The van der Waals surface area contributed by atoms with E-state index in [1.54, 1.807) is 0 Å². The van der Waals surface area contributed by atoms with Crippen molar-refractivity contribution in [2.24, 2.45) is 0 Å². The van der Waals surface area contributed by atoms with Crippen molar-refractivity contribution < 1.29 is 31.5 Å². The van der Waals surface area contributed by atoms with Crippen molar-refractivity contribution in [2.75, 3.05) is 4.72 Å². The number of hydrogen-bond acceptors (Lipinski definition) is 4. The van der Waals surface area contributed by atoms with Crippen LogP contribution in [0.2, 0.25) is 0 Å². The summed E-state index contributed by atoms with van der Waals surface area (Å²) in [5.74, 6) is -6.86. The van der Waals surface area contributed by atoms with Crippen LogP contribution < -0.4 is 9.83 Å². The predicted molar refractivity (Wildman–Crippen MR) is 72.6 cm³/mol. The van der Waals surface area contributed by atoms with E-state index in [4.69, 9.17) is 0 Å². The summed E-state index contributed by atoms with van der Waals surface area (Å²) < 4.78 is 65.9. The minimum Gasteiger partial charge on any atom is -0.545 e.